The predicted molar refractivity (Wildman–Crippen MR) is 88.3 cm³/mol. The molecule has 0 fully saturated rings. The van der Waals surface area contributed by atoms with E-state index in [0.717, 1.165) is 22.4 Å². The zero-order valence-electron chi connectivity index (χ0n) is 11.8. The van der Waals surface area contributed by atoms with Gasteiger partial charge in [-0.15, -0.1) is 11.3 Å². The molecule has 4 nitrogen and oxygen atoms in total. The SMILES string of the molecule is CCc1ccsc1CNS(=O)(=O)c1cc(N)c(C)cc1Cl. The molecule has 0 aliphatic carbocycles. The van der Waals surface area contributed by atoms with Crippen molar-refractivity contribution in [2.45, 2.75) is 31.7 Å². The maximum Gasteiger partial charge on any atom is 0.242 e. The molecule has 0 unspecified atom stereocenters. The monoisotopic (exact) mass is 344 g/mol. The third-order valence-electron chi connectivity index (χ3n) is 3.25. The zero-order chi connectivity index (χ0) is 15.6. The van der Waals surface area contributed by atoms with Crippen LogP contribution in [0.1, 0.15) is 22.9 Å². The van der Waals surface area contributed by atoms with Crippen molar-refractivity contribution in [1.29, 1.82) is 0 Å². The van der Waals surface area contributed by atoms with Gasteiger partial charge in [0.1, 0.15) is 4.90 Å². The van der Waals surface area contributed by atoms with E-state index in [0.29, 0.717) is 5.69 Å². The van der Waals surface area contributed by atoms with Crippen molar-refractivity contribution in [3.05, 3.63) is 44.6 Å². The van der Waals surface area contributed by atoms with Crippen LogP contribution in [0.3, 0.4) is 0 Å². The summed E-state index contributed by atoms with van der Waals surface area (Å²) in [4.78, 5) is 1.03. The minimum absolute atomic E-state index is 0.0156. The molecule has 2 rings (SSSR count). The number of benzene rings is 1. The van der Waals surface area contributed by atoms with Crippen LogP contribution in [-0.4, -0.2) is 8.42 Å². The highest BCUT2D eigenvalue weighted by Gasteiger charge is 2.19. The van der Waals surface area contributed by atoms with Crippen LogP contribution in [0.15, 0.2) is 28.5 Å². The molecule has 0 radical (unpaired) electrons. The molecule has 0 aliphatic rings. The lowest BCUT2D eigenvalue weighted by atomic mass is 10.2. The second kappa shape index (κ2) is 6.36. The summed E-state index contributed by atoms with van der Waals surface area (Å²) in [6.45, 7) is 4.08. The summed E-state index contributed by atoms with van der Waals surface area (Å²) in [6, 6.07) is 4.97. The first kappa shape index (κ1) is 16.3. The van der Waals surface area contributed by atoms with E-state index in [1.807, 2.05) is 18.4 Å². The number of anilines is 1. The molecule has 21 heavy (non-hydrogen) atoms. The van der Waals surface area contributed by atoms with E-state index in [1.54, 1.807) is 13.0 Å². The van der Waals surface area contributed by atoms with Crippen molar-refractivity contribution in [3.8, 4) is 0 Å². The number of rotatable bonds is 5. The van der Waals surface area contributed by atoms with Gasteiger partial charge in [0, 0.05) is 17.1 Å². The Bertz CT molecular complexity index is 754. The first-order valence-corrected chi connectivity index (χ1v) is 9.19. The van der Waals surface area contributed by atoms with Crippen LogP contribution >= 0.6 is 22.9 Å². The number of halogens is 1. The molecule has 0 saturated carbocycles. The van der Waals surface area contributed by atoms with E-state index in [1.165, 1.54) is 17.4 Å². The summed E-state index contributed by atoms with van der Waals surface area (Å²) in [5.41, 5.74) is 8.09. The van der Waals surface area contributed by atoms with Crippen molar-refractivity contribution in [3.63, 3.8) is 0 Å². The highest BCUT2D eigenvalue weighted by atomic mass is 35.5. The fourth-order valence-corrected chi connectivity index (χ4v) is 4.57. The Kier molecular flexibility index (Phi) is 4.93. The van der Waals surface area contributed by atoms with E-state index in [4.69, 9.17) is 17.3 Å². The third-order valence-corrected chi connectivity index (χ3v) is 6.08. The van der Waals surface area contributed by atoms with Crippen molar-refractivity contribution in [2.24, 2.45) is 0 Å². The average Bonchev–Trinajstić information content (AvgIpc) is 2.88. The van der Waals surface area contributed by atoms with Gasteiger partial charge in [-0.2, -0.15) is 0 Å². The van der Waals surface area contributed by atoms with Gasteiger partial charge in [-0.1, -0.05) is 18.5 Å². The summed E-state index contributed by atoms with van der Waals surface area (Å²) in [5, 5.41) is 2.13. The van der Waals surface area contributed by atoms with Gasteiger partial charge in [-0.25, -0.2) is 13.1 Å². The van der Waals surface area contributed by atoms with Crippen molar-refractivity contribution < 1.29 is 8.42 Å². The molecule has 0 atom stereocenters. The minimum Gasteiger partial charge on any atom is -0.398 e. The van der Waals surface area contributed by atoms with Crippen LogP contribution in [0.2, 0.25) is 5.02 Å². The van der Waals surface area contributed by atoms with Crippen LogP contribution in [-0.2, 0) is 23.0 Å². The number of aryl methyl sites for hydroxylation is 2. The second-order valence-corrected chi connectivity index (χ2v) is 7.83. The second-order valence-electron chi connectivity index (χ2n) is 4.69. The lowest BCUT2D eigenvalue weighted by Crippen LogP contribution is -2.23. The van der Waals surface area contributed by atoms with E-state index in [-0.39, 0.29) is 16.5 Å². The number of nitrogens with one attached hydrogen (secondary N) is 1. The molecule has 0 aliphatic heterocycles. The fourth-order valence-electron chi connectivity index (χ4n) is 1.95. The molecule has 114 valence electrons. The number of sulfonamides is 1. The quantitative estimate of drug-likeness (QED) is 0.817. The summed E-state index contributed by atoms with van der Waals surface area (Å²) in [5.74, 6) is 0. The number of thiophene rings is 1. The van der Waals surface area contributed by atoms with E-state index < -0.39 is 10.0 Å². The van der Waals surface area contributed by atoms with Gasteiger partial charge < -0.3 is 5.73 Å². The first-order chi connectivity index (χ1) is 9.85. The Morgan fingerprint density at radius 1 is 1.38 bits per heavy atom. The van der Waals surface area contributed by atoms with Crippen molar-refractivity contribution >= 4 is 38.6 Å². The maximum atomic E-state index is 12.4. The number of nitrogens with two attached hydrogens (primary N) is 1. The fraction of sp³-hybridized carbons (Fsp3) is 0.286. The van der Waals surface area contributed by atoms with Crippen molar-refractivity contribution in [2.75, 3.05) is 5.73 Å². The number of nitrogen functional groups attached to an aromatic ring is 1. The van der Waals surface area contributed by atoms with Crippen molar-refractivity contribution in [1.82, 2.24) is 4.72 Å². The molecular formula is C14H17ClN2O2S2. The Morgan fingerprint density at radius 3 is 2.76 bits per heavy atom. The van der Waals surface area contributed by atoms with Gasteiger partial charge in [0.15, 0.2) is 0 Å². The molecule has 0 spiro atoms. The Hall–Kier alpha value is -1.08. The molecule has 1 aromatic carbocycles. The number of hydrogen-bond acceptors (Lipinski definition) is 4. The molecule has 2 aromatic rings. The summed E-state index contributed by atoms with van der Waals surface area (Å²) in [6.07, 6.45) is 0.874. The third kappa shape index (κ3) is 3.58. The van der Waals surface area contributed by atoms with Crippen LogP contribution in [0, 0.1) is 6.92 Å². The van der Waals surface area contributed by atoms with Gasteiger partial charge in [0.25, 0.3) is 0 Å². The zero-order valence-corrected chi connectivity index (χ0v) is 14.2. The summed E-state index contributed by atoms with van der Waals surface area (Å²) in [7, 11) is -3.69. The normalized spacial score (nSPS) is 11.8. The van der Waals surface area contributed by atoms with Gasteiger partial charge in [-0.05, 0) is 48.1 Å². The molecule has 0 saturated heterocycles. The average molecular weight is 345 g/mol. The highest BCUT2D eigenvalue weighted by Crippen LogP contribution is 2.27. The van der Waals surface area contributed by atoms with Gasteiger partial charge in [0.2, 0.25) is 10.0 Å². The van der Waals surface area contributed by atoms with Crippen LogP contribution in [0.5, 0.6) is 0 Å². The summed E-state index contributed by atoms with van der Waals surface area (Å²) >= 11 is 7.57. The molecule has 1 heterocycles. The Balaban J connectivity index is 2.25. The molecule has 0 amide bonds. The van der Waals surface area contributed by atoms with Gasteiger partial charge in [-0.3, -0.25) is 0 Å². The van der Waals surface area contributed by atoms with Gasteiger partial charge in [0.05, 0.1) is 5.02 Å². The van der Waals surface area contributed by atoms with E-state index >= 15 is 0 Å². The Morgan fingerprint density at radius 2 is 2.10 bits per heavy atom. The first-order valence-electron chi connectivity index (χ1n) is 6.45. The lowest BCUT2D eigenvalue weighted by Gasteiger charge is -2.10. The van der Waals surface area contributed by atoms with E-state index in [9.17, 15) is 8.42 Å². The smallest absolute Gasteiger partial charge is 0.242 e. The molecule has 0 bridgehead atoms. The lowest BCUT2D eigenvalue weighted by molar-refractivity contribution is 0.581. The summed E-state index contributed by atoms with van der Waals surface area (Å²) < 4.78 is 27.3. The molecule has 1 aromatic heterocycles. The van der Waals surface area contributed by atoms with E-state index in [2.05, 4.69) is 4.72 Å². The van der Waals surface area contributed by atoms with Crippen LogP contribution in [0.4, 0.5) is 5.69 Å². The molecular weight excluding hydrogens is 328 g/mol. The van der Waals surface area contributed by atoms with Crippen LogP contribution < -0.4 is 10.5 Å². The predicted octanol–water partition coefficient (Wildman–Crippen LogP) is 3.33. The van der Waals surface area contributed by atoms with Crippen LogP contribution in [0.25, 0.3) is 0 Å². The largest absolute Gasteiger partial charge is 0.398 e. The standard InChI is InChI=1S/C14H17ClN2O2S2/c1-3-10-4-5-20-13(10)8-17-21(18,19)14-7-12(16)9(2)6-11(14)15/h4-7,17H,3,8,16H2,1-2H3. The maximum absolute atomic E-state index is 12.4. The molecule has 3 N–H and O–H groups in total. The number of hydrogen-bond donors (Lipinski definition) is 2. The van der Waals surface area contributed by atoms with Gasteiger partial charge >= 0.3 is 0 Å². The highest BCUT2D eigenvalue weighted by molar-refractivity contribution is 7.89. The minimum atomic E-state index is -3.69. The Labute approximate surface area is 134 Å². The topological polar surface area (TPSA) is 72.2 Å². The molecule has 7 heteroatoms.